The average molecular weight is 399 g/mol. The lowest BCUT2D eigenvalue weighted by Gasteiger charge is -2.32. The third-order valence-electron chi connectivity index (χ3n) is 5.32. The number of fused-ring (bicyclic) bond motifs is 1. The standard InChI is InChI=1S/C20H22FN5O3/c1-11-3-2-8-26(10-11)20-24-17-16(19(29)25-20)14(9-15(27)23-17)18(28)22-13-6-4-12(21)5-7-13/h4-7,11,14H,2-3,8-10H2,1H3,(H,22,28)(H2,23,24,25,27,29)/t11-,14+/m1/s1. The summed E-state index contributed by atoms with van der Waals surface area (Å²) >= 11 is 0. The van der Waals surface area contributed by atoms with Crippen LogP contribution in [0.3, 0.4) is 0 Å². The minimum atomic E-state index is -0.977. The van der Waals surface area contributed by atoms with Crippen molar-refractivity contribution in [2.75, 3.05) is 28.6 Å². The summed E-state index contributed by atoms with van der Waals surface area (Å²) in [5, 5.41) is 5.26. The van der Waals surface area contributed by atoms with Crippen LogP contribution >= 0.6 is 0 Å². The number of nitrogens with one attached hydrogen (secondary N) is 3. The lowest BCUT2D eigenvalue weighted by molar-refractivity contribution is -0.123. The maximum Gasteiger partial charge on any atom is 0.258 e. The van der Waals surface area contributed by atoms with E-state index in [4.69, 9.17) is 0 Å². The number of piperidine rings is 1. The molecule has 1 fully saturated rings. The number of benzene rings is 1. The number of aromatic amines is 1. The molecule has 2 amide bonds. The van der Waals surface area contributed by atoms with E-state index in [-0.39, 0.29) is 23.7 Å². The van der Waals surface area contributed by atoms with Gasteiger partial charge in [-0.3, -0.25) is 19.4 Å². The predicted octanol–water partition coefficient (Wildman–Crippen LogP) is 2.21. The summed E-state index contributed by atoms with van der Waals surface area (Å²) in [5.41, 5.74) is 0.0766. The highest BCUT2D eigenvalue weighted by Crippen LogP contribution is 2.31. The molecular weight excluding hydrogens is 377 g/mol. The SMILES string of the molecule is C[C@@H]1CCCN(c2nc3c(c(=O)[nH]2)[C@@H](C(=O)Nc2ccc(F)cc2)CC(=O)N3)C1. The molecule has 0 aliphatic carbocycles. The fraction of sp³-hybridized carbons (Fsp3) is 0.400. The van der Waals surface area contributed by atoms with E-state index in [0.29, 0.717) is 17.6 Å². The van der Waals surface area contributed by atoms with Crippen LogP contribution in [-0.2, 0) is 9.59 Å². The molecule has 0 radical (unpaired) electrons. The van der Waals surface area contributed by atoms with Gasteiger partial charge in [0.1, 0.15) is 11.6 Å². The largest absolute Gasteiger partial charge is 0.342 e. The van der Waals surface area contributed by atoms with Gasteiger partial charge in [0.05, 0.1) is 11.5 Å². The van der Waals surface area contributed by atoms with E-state index in [1.165, 1.54) is 24.3 Å². The van der Waals surface area contributed by atoms with Crippen LogP contribution < -0.4 is 21.1 Å². The normalized spacial score (nSPS) is 21.3. The van der Waals surface area contributed by atoms with E-state index in [2.05, 4.69) is 27.5 Å². The monoisotopic (exact) mass is 399 g/mol. The topological polar surface area (TPSA) is 107 Å². The van der Waals surface area contributed by atoms with E-state index >= 15 is 0 Å². The zero-order chi connectivity index (χ0) is 20.5. The second-order valence-corrected chi connectivity index (χ2v) is 7.65. The zero-order valence-corrected chi connectivity index (χ0v) is 16.0. The number of amides is 2. The number of rotatable bonds is 3. The quantitative estimate of drug-likeness (QED) is 0.734. The molecule has 3 N–H and O–H groups in total. The third-order valence-corrected chi connectivity index (χ3v) is 5.32. The third kappa shape index (κ3) is 3.98. The molecule has 0 bridgehead atoms. The molecule has 29 heavy (non-hydrogen) atoms. The van der Waals surface area contributed by atoms with Crippen LogP contribution in [0.15, 0.2) is 29.1 Å². The molecule has 2 aliphatic rings. The first-order valence-electron chi connectivity index (χ1n) is 9.66. The Morgan fingerprint density at radius 2 is 2.03 bits per heavy atom. The summed E-state index contributed by atoms with van der Waals surface area (Å²) < 4.78 is 13.1. The molecule has 152 valence electrons. The van der Waals surface area contributed by atoms with Crippen molar-refractivity contribution < 1.29 is 14.0 Å². The highest BCUT2D eigenvalue weighted by atomic mass is 19.1. The molecular formula is C20H22FN5O3. The fourth-order valence-electron chi connectivity index (χ4n) is 3.88. The van der Waals surface area contributed by atoms with Crippen LogP contribution in [0.2, 0.25) is 0 Å². The van der Waals surface area contributed by atoms with Crippen molar-refractivity contribution in [3.8, 4) is 0 Å². The Balaban J connectivity index is 1.63. The number of carbonyl (C=O) groups is 2. The first-order chi connectivity index (χ1) is 13.9. The summed E-state index contributed by atoms with van der Waals surface area (Å²) in [6.45, 7) is 3.68. The van der Waals surface area contributed by atoms with Gasteiger partial charge in [-0.25, -0.2) is 4.39 Å². The summed E-state index contributed by atoms with van der Waals surface area (Å²) in [5.74, 6) is -1.29. The van der Waals surface area contributed by atoms with E-state index < -0.39 is 23.2 Å². The highest BCUT2D eigenvalue weighted by molar-refractivity contribution is 6.04. The van der Waals surface area contributed by atoms with Crippen LogP contribution in [0.5, 0.6) is 0 Å². The molecule has 1 saturated heterocycles. The Labute approximate surface area is 166 Å². The lowest BCUT2D eigenvalue weighted by Crippen LogP contribution is -2.40. The number of carbonyl (C=O) groups excluding carboxylic acids is 2. The number of halogens is 1. The van der Waals surface area contributed by atoms with Gasteiger partial charge in [0.15, 0.2) is 0 Å². The van der Waals surface area contributed by atoms with Crippen molar-refractivity contribution in [1.29, 1.82) is 0 Å². The van der Waals surface area contributed by atoms with Crippen molar-refractivity contribution in [1.82, 2.24) is 9.97 Å². The Hall–Kier alpha value is -3.23. The molecule has 0 unspecified atom stereocenters. The number of H-pyrrole nitrogens is 1. The van der Waals surface area contributed by atoms with Gasteiger partial charge in [-0.05, 0) is 43.0 Å². The first-order valence-corrected chi connectivity index (χ1v) is 9.66. The highest BCUT2D eigenvalue weighted by Gasteiger charge is 2.35. The van der Waals surface area contributed by atoms with Crippen molar-refractivity contribution in [2.45, 2.75) is 32.1 Å². The van der Waals surface area contributed by atoms with Crippen molar-refractivity contribution in [3.05, 3.63) is 46.0 Å². The Morgan fingerprint density at radius 3 is 2.76 bits per heavy atom. The van der Waals surface area contributed by atoms with Gasteiger partial charge >= 0.3 is 0 Å². The molecule has 2 atom stereocenters. The molecule has 1 aromatic carbocycles. The first kappa shape index (κ1) is 19.1. The molecule has 8 nitrogen and oxygen atoms in total. The van der Waals surface area contributed by atoms with Crippen LogP contribution in [-0.4, -0.2) is 34.9 Å². The summed E-state index contributed by atoms with van der Waals surface area (Å²) in [6.07, 6.45) is 1.95. The number of hydrogen-bond acceptors (Lipinski definition) is 5. The Morgan fingerprint density at radius 1 is 1.28 bits per heavy atom. The summed E-state index contributed by atoms with van der Waals surface area (Å²) in [6, 6.07) is 5.27. The van der Waals surface area contributed by atoms with Gasteiger partial charge in [-0.2, -0.15) is 4.98 Å². The van der Waals surface area contributed by atoms with Gasteiger partial charge in [-0.15, -0.1) is 0 Å². The maximum atomic E-state index is 13.1. The lowest BCUT2D eigenvalue weighted by atomic mass is 9.92. The average Bonchev–Trinajstić information content (AvgIpc) is 2.68. The second kappa shape index (κ2) is 7.65. The zero-order valence-electron chi connectivity index (χ0n) is 16.0. The predicted molar refractivity (Wildman–Crippen MR) is 106 cm³/mol. The minimum Gasteiger partial charge on any atom is -0.342 e. The Kier molecular flexibility index (Phi) is 5.04. The number of anilines is 3. The molecule has 9 heteroatoms. The van der Waals surface area contributed by atoms with E-state index in [9.17, 15) is 18.8 Å². The van der Waals surface area contributed by atoms with Gasteiger partial charge < -0.3 is 15.5 Å². The van der Waals surface area contributed by atoms with Crippen molar-refractivity contribution >= 4 is 29.3 Å². The Bertz CT molecular complexity index is 1000. The van der Waals surface area contributed by atoms with E-state index in [1.54, 1.807) is 0 Å². The number of aromatic nitrogens is 2. The van der Waals surface area contributed by atoms with Gasteiger partial charge in [0, 0.05) is 25.2 Å². The molecule has 2 aromatic rings. The molecule has 0 spiro atoms. The number of nitrogens with zero attached hydrogens (tertiary/aromatic N) is 2. The van der Waals surface area contributed by atoms with Crippen molar-refractivity contribution in [3.63, 3.8) is 0 Å². The molecule has 4 rings (SSSR count). The minimum absolute atomic E-state index is 0.123. The summed E-state index contributed by atoms with van der Waals surface area (Å²) in [7, 11) is 0. The van der Waals surface area contributed by atoms with Gasteiger partial charge in [0.25, 0.3) is 5.56 Å². The van der Waals surface area contributed by atoms with Crippen LogP contribution in [0, 0.1) is 11.7 Å². The molecule has 2 aliphatic heterocycles. The maximum absolute atomic E-state index is 13.1. The van der Waals surface area contributed by atoms with Crippen molar-refractivity contribution in [2.24, 2.45) is 5.92 Å². The van der Waals surface area contributed by atoms with Crippen LogP contribution in [0.4, 0.5) is 21.8 Å². The van der Waals surface area contributed by atoms with Gasteiger partial charge in [-0.1, -0.05) is 6.92 Å². The molecule has 1 aromatic heterocycles. The van der Waals surface area contributed by atoms with E-state index in [0.717, 1.165) is 25.9 Å². The van der Waals surface area contributed by atoms with Gasteiger partial charge in [0.2, 0.25) is 17.8 Å². The molecule has 3 heterocycles. The number of hydrogen-bond donors (Lipinski definition) is 3. The molecule has 0 saturated carbocycles. The summed E-state index contributed by atoms with van der Waals surface area (Å²) in [4.78, 5) is 47.0. The smallest absolute Gasteiger partial charge is 0.258 e. The van der Waals surface area contributed by atoms with E-state index in [1.807, 2.05) is 4.90 Å². The second-order valence-electron chi connectivity index (χ2n) is 7.65. The van der Waals surface area contributed by atoms with Crippen LogP contribution in [0.1, 0.15) is 37.7 Å². The van der Waals surface area contributed by atoms with Crippen LogP contribution in [0.25, 0.3) is 0 Å². The fourth-order valence-corrected chi connectivity index (χ4v) is 3.88.